The van der Waals surface area contributed by atoms with Crippen molar-refractivity contribution in [3.05, 3.63) is 32.9 Å². The Bertz CT molecular complexity index is 349. The van der Waals surface area contributed by atoms with E-state index in [1.807, 2.05) is 18.2 Å². The molecule has 1 aliphatic heterocycles. The molecule has 2 N–H and O–H groups in total. The van der Waals surface area contributed by atoms with Crippen LogP contribution in [0.5, 0.6) is 0 Å². The van der Waals surface area contributed by atoms with E-state index in [-0.39, 0.29) is 0 Å². The second kappa shape index (κ2) is 2.93. The molecule has 4 heteroatoms. The van der Waals surface area contributed by atoms with Crippen molar-refractivity contribution in [3.63, 3.8) is 0 Å². The van der Waals surface area contributed by atoms with Crippen LogP contribution in [0.15, 0.2) is 23.3 Å². The summed E-state index contributed by atoms with van der Waals surface area (Å²) in [6, 6.07) is 6.10. The first-order chi connectivity index (χ1) is 5.81. The van der Waals surface area contributed by atoms with Crippen LogP contribution in [0.3, 0.4) is 0 Å². The van der Waals surface area contributed by atoms with Crippen molar-refractivity contribution in [2.45, 2.75) is 6.61 Å². The molecule has 0 spiro atoms. The van der Waals surface area contributed by atoms with Crippen molar-refractivity contribution >= 4 is 28.5 Å². The zero-order valence-corrected chi connectivity index (χ0v) is 8.41. The van der Waals surface area contributed by atoms with Gasteiger partial charge in [0.1, 0.15) is 6.61 Å². The maximum Gasteiger partial charge on any atom is 0.238 e. The van der Waals surface area contributed by atoms with E-state index in [1.165, 1.54) is 0 Å². The molecule has 62 valence electrons. The van der Waals surface area contributed by atoms with Gasteiger partial charge in [0, 0.05) is 14.7 Å². The SMILES string of the molecule is NN=C1OCc2ccc(I)cc21. The molecule has 0 aromatic heterocycles. The van der Waals surface area contributed by atoms with Crippen LogP contribution in [0, 0.1) is 3.57 Å². The highest BCUT2D eigenvalue weighted by Crippen LogP contribution is 2.21. The number of fused-ring (bicyclic) bond motifs is 1. The first-order valence-corrected chi connectivity index (χ1v) is 4.58. The number of nitrogens with two attached hydrogens (primary N) is 1. The van der Waals surface area contributed by atoms with Gasteiger partial charge >= 0.3 is 0 Å². The van der Waals surface area contributed by atoms with Gasteiger partial charge in [-0.15, -0.1) is 5.10 Å². The highest BCUT2D eigenvalue weighted by molar-refractivity contribution is 14.1. The third-order valence-electron chi connectivity index (χ3n) is 1.78. The molecule has 1 aromatic rings. The van der Waals surface area contributed by atoms with Crippen molar-refractivity contribution in [3.8, 4) is 0 Å². The first-order valence-electron chi connectivity index (χ1n) is 3.51. The van der Waals surface area contributed by atoms with Crippen LogP contribution in [-0.2, 0) is 11.3 Å². The molecule has 12 heavy (non-hydrogen) atoms. The second-order valence-corrected chi connectivity index (χ2v) is 3.77. The van der Waals surface area contributed by atoms with Crippen LogP contribution in [0.2, 0.25) is 0 Å². The quantitative estimate of drug-likeness (QED) is 0.442. The summed E-state index contributed by atoms with van der Waals surface area (Å²) in [4.78, 5) is 0. The summed E-state index contributed by atoms with van der Waals surface area (Å²) in [5, 5.41) is 3.56. The minimum atomic E-state index is 0.545. The number of nitrogens with zero attached hydrogens (tertiary/aromatic N) is 1. The Kier molecular flexibility index (Phi) is 1.92. The van der Waals surface area contributed by atoms with E-state index in [9.17, 15) is 0 Å². The fourth-order valence-electron chi connectivity index (χ4n) is 1.20. The van der Waals surface area contributed by atoms with Gasteiger partial charge in [-0.1, -0.05) is 6.07 Å². The number of benzene rings is 1. The Morgan fingerprint density at radius 1 is 1.50 bits per heavy atom. The number of ether oxygens (including phenoxy) is 1. The predicted molar refractivity (Wildman–Crippen MR) is 54.7 cm³/mol. The Labute approximate surface area is 83.7 Å². The van der Waals surface area contributed by atoms with Gasteiger partial charge in [0.15, 0.2) is 0 Å². The largest absolute Gasteiger partial charge is 0.471 e. The van der Waals surface area contributed by atoms with Crippen LogP contribution in [-0.4, -0.2) is 5.90 Å². The lowest BCUT2D eigenvalue weighted by molar-refractivity contribution is 0.311. The zero-order valence-electron chi connectivity index (χ0n) is 6.25. The summed E-state index contributed by atoms with van der Waals surface area (Å²) in [6.45, 7) is 0.586. The van der Waals surface area contributed by atoms with Crippen LogP contribution in [0.25, 0.3) is 0 Å². The van der Waals surface area contributed by atoms with E-state index < -0.39 is 0 Å². The van der Waals surface area contributed by atoms with Crippen molar-refractivity contribution < 1.29 is 4.74 Å². The fourth-order valence-corrected chi connectivity index (χ4v) is 1.70. The Balaban J connectivity index is 2.57. The molecule has 0 aliphatic carbocycles. The highest BCUT2D eigenvalue weighted by atomic mass is 127. The first kappa shape index (κ1) is 7.85. The summed E-state index contributed by atoms with van der Waals surface area (Å²) < 4.78 is 6.41. The number of hydrazone groups is 1. The van der Waals surface area contributed by atoms with Gasteiger partial charge in [-0.2, -0.15) is 0 Å². The lowest BCUT2D eigenvalue weighted by Gasteiger charge is -1.95. The number of hydrogen-bond donors (Lipinski definition) is 1. The fraction of sp³-hybridized carbons (Fsp3) is 0.125. The molecule has 0 saturated carbocycles. The van der Waals surface area contributed by atoms with Crippen LogP contribution < -0.4 is 5.84 Å². The summed E-state index contributed by atoms with van der Waals surface area (Å²) >= 11 is 2.25. The van der Waals surface area contributed by atoms with E-state index >= 15 is 0 Å². The smallest absolute Gasteiger partial charge is 0.238 e. The molecule has 1 heterocycles. The molecule has 0 fully saturated rings. The Morgan fingerprint density at radius 3 is 3.08 bits per heavy atom. The molecule has 0 radical (unpaired) electrons. The highest BCUT2D eigenvalue weighted by Gasteiger charge is 2.18. The van der Waals surface area contributed by atoms with Gasteiger partial charge in [0.25, 0.3) is 0 Å². The topological polar surface area (TPSA) is 47.6 Å². The molecular formula is C8H7IN2O. The van der Waals surface area contributed by atoms with Gasteiger partial charge in [0.05, 0.1) is 0 Å². The number of halogens is 1. The molecule has 1 aromatic carbocycles. The van der Waals surface area contributed by atoms with Crippen molar-refractivity contribution in [2.75, 3.05) is 0 Å². The van der Waals surface area contributed by atoms with Crippen molar-refractivity contribution in [1.29, 1.82) is 0 Å². The second-order valence-electron chi connectivity index (χ2n) is 2.52. The van der Waals surface area contributed by atoms with Crippen molar-refractivity contribution in [2.24, 2.45) is 10.9 Å². The van der Waals surface area contributed by atoms with Crippen LogP contribution >= 0.6 is 22.6 Å². The van der Waals surface area contributed by atoms with Gasteiger partial charge in [-0.3, -0.25) is 0 Å². The summed E-state index contributed by atoms with van der Waals surface area (Å²) in [5.41, 5.74) is 2.17. The standard InChI is InChI=1S/C8H7IN2O/c9-6-2-1-5-4-12-8(11-10)7(5)3-6/h1-3H,4,10H2. The van der Waals surface area contributed by atoms with E-state index in [1.54, 1.807) is 0 Å². The molecule has 0 atom stereocenters. The monoisotopic (exact) mass is 274 g/mol. The van der Waals surface area contributed by atoms with Gasteiger partial charge in [-0.05, 0) is 34.7 Å². The molecule has 0 saturated heterocycles. The Hall–Kier alpha value is -0.780. The predicted octanol–water partition coefficient (Wildman–Crippen LogP) is 1.44. The minimum absolute atomic E-state index is 0.545. The summed E-state index contributed by atoms with van der Waals surface area (Å²) in [7, 11) is 0. The van der Waals surface area contributed by atoms with E-state index in [0.29, 0.717) is 12.5 Å². The molecule has 2 rings (SSSR count). The minimum Gasteiger partial charge on any atom is -0.471 e. The Morgan fingerprint density at radius 2 is 2.33 bits per heavy atom. The van der Waals surface area contributed by atoms with Gasteiger partial charge in [-0.25, -0.2) is 0 Å². The maximum absolute atomic E-state index is 5.25. The average molecular weight is 274 g/mol. The van der Waals surface area contributed by atoms with Crippen LogP contribution in [0.1, 0.15) is 11.1 Å². The molecular weight excluding hydrogens is 267 g/mol. The number of rotatable bonds is 0. The summed E-state index contributed by atoms with van der Waals surface area (Å²) in [5.74, 6) is 5.70. The average Bonchev–Trinajstić information content (AvgIpc) is 2.46. The normalized spacial score (nSPS) is 17.6. The molecule has 3 nitrogen and oxygen atoms in total. The lowest BCUT2D eigenvalue weighted by atomic mass is 10.1. The third kappa shape index (κ3) is 1.16. The lowest BCUT2D eigenvalue weighted by Crippen LogP contribution is -2.01. The van der Waals surface area contributed by atoms with E-state index in [2.05, 4.69) is 27.7 Å². The molecule has 0 amide bonds. The van der Waals surface area contributed by atoms with Crippen LogP contribution in [0.4, 0.5) is 0 Å². The van der Waals surface area contributed by atoms with Crippen molar-refractivity contribution in [1.82, 2.24) is 0 Å². The van der Waals surface area contributed by atoms with E-state index in [0.717, 1.165) is 14.7 Å². The third-order valence-corrected chi connectivity index (χ3v) is 2.45. The van der Waals surface area contributed by atoms with Gasteiger partial charge < -0.3 is 10.6 Å². The number of hydrogen-bond acceptors (Lipinski definition) is 3. The zero-order chi connectivity index (χ0) is 8.55. The van der Waals surface area contributed by atoms with Gasteiger partial charge in [0.2, 0.25) is 5.90 Å². The molecule has 0 unspecified atom stereocenters. The molecule has 0 bridgehead atoms. The van der Waals surface area contributed by atoms with E-state index in [4.69, 9.17) is 10.6 Å². The maximum atomic E-state index is 5.25. The molecule has 1 aliphatic rings. The summed E-state index contributed by atoms with van der Waals surface area (Å²) in [6.07, 6.45) is 0.